The lowest BCUT2D eigenvalue weighted by Gasteiger charge is -2.10. The van der Waals surface area contributed by atoms with E-state index in [2.05, 4.69) is 27.9 Å². The van der Waals surface area contributed by atoms with Crippen molar-refractivity contribution in [3.63, 3.8) is 0 Å². The van der Waals surface area contributed by atoms with Gasteiger partial charge in [-0.3, -0.25) is 4.79 Å². The first-order valence-corrected chi connectivity index (χ1v) is 6.39. The van der Waals surface area contributed by atoms with Crippen molar-refractivity contribution in [2.75, 3.05) is 9.74 Å². The van der Waals surface area contributed by atoms with Crippen molar-refractivity contribution < 1.29 is 15.0 Å². The number of aryl methyl sites for hydroxylation is 1. The van der Waals surface area contributed by atoms with Crippen LogP contribution in [0.25, 0.3) is 0 Å². The van der Waals surface area contributed by atoms with E-state index in [9.17, 15) is 4.79 Å². The predicted octanol–water partition coefficient (Wildman–Crippen LogP) is 1.74. The van der Waals surface area contributed by atoms with Crippen molar-refractivity contribution in [2.24, 2.45) is 0 Å². The molecular weight excluding hydrogens is 321 g/mol. The van der Waals surface area contributed by atoms with Crippen molar-refractivity contribution in [2.45, 2.75) is 19.6 Å². The Morgan fingerprint density at radius 3 is 2.69 bits per heavy atom. The van der Waals surface area contributed by atoms with Crippen LogP contribution >= 0.6 is 22.6 Å². The lowest BCUT2D eigenvalue weighted by molar-refractivity contribution is -0.115. The van der Waals surface area contributed by atoms with Crippen LogP contribution in [0.2, 0.25) is 0 Å². The molecule has 1 aromatic rings. The van der Waals surface area contributed by atoms with Crippen LogP contribution in [0, 0.1) is 6.92 Å². The minimum atomic E-state index is -1.47. The molecule has 0 aromatic heterocycles. The third kappa shape index (κ3) is 3.73. The van der Waals surface area contributed by atoms with E-state index >= 15 is 0 Å². The van der Waals surface area contributed by atoms with E-state index in [0.29, 0.717) is 17.7 Å². The number of carbonyl (C=O) groups excluding carboxylic acids is 1. The molecule has 0 saturated carbocycles. The fourth-order valence-electron chi connectivity index (χ4n) is 1.35. The second kappa shape index (κ2) is 6.17. The summed E-state index contributed by atoms with van der Waals surface area (Å²) in [5.74, 6) is -0.0360. The van der Waals surface area contributed by atoms with E-state index in [1.165, 1.54) is 0 Å². The number of halogens is 1. The van der Waals surface area contributed by atoms with Crippen LogP contribution in [0.1, 0.15) is 23.8 Å². The van der Waals surface area contributed by atoms with Crippen molar-refractivity contribution in [3.05, 3.63) is 29.3 Å². The summed E-state index contributed by atoms with van der Waals surface area (Å²) in [4.78, 5) is 11.3. The molecule has 0 bridgehead atoms. The number of amides is 1. The first-order valence-electron chi connectivity index (χ1n) is 4.87. The fourth-order valence-corrected chi connectivity index (χ4v) is 1.84. The Kier molecular flexibility index (Phi) is 5.17. The Bertz CT molecular complexity index is 379. The van der Waals surface area contributed by atoms with E-state index in [0.717, 1.165) is 9.99 Å². The van der Waals surface area contributed by atoms with Gasteiger partial charge in [-0.2, -0.15) is 0 Å². The highest BCUT2D eigenvalue weighted by Crippen LogP contribution is 2.19. The predicted molar refractivity (Wildman–Crippen MR) is 70.5 cm³/mol. The van der Waals surface area contributed by atoms with Gasteiger partial charge in [-0.1, -0.05) is 28.7 Å². The van der Waals surface area contributed by atoms with Crippen LogP contribution in [0.3, 0.4) is 0 Å². The van der Waals surface area contributed by atoms with Gasteiger partial charge in [0.2, 0.25) is 5.91 Å². The summed E-state index contributed by atoms with van der Waals surface area (Å²) in [6.45, 7) is 1.77. The smallest absolute Gasteiger partial charge is 0.225 e. The molecule has 0 fully saturated rings. The number of rotatable bonds is 4. The van der Waals surface area contributed by atoms with Crippen LogP contribution in [0.4, 0.5) is 5.69 Å². The largest absolute Gasteiger partial charge is 0.364 e. The van der Waals surface area contributed by atoms with Crippen molar-refractivity contribution >= 4 is 34.2 Å². The van der Waals surface area contributed by atoms with E-state index in [1.54, 1.807) is 25.1 Å². The van der Waals surface area contributed by atoms with Crippen LogP contribution < -0.4 is 5.32 Å². The molecule has 3 N–H and O–H groups in total. The second-order valence-electron chi connectivity index (χ2n) is 3.43. The van der Waals surface area contributed by atoms with Crippen LogP contribution in [-0.4, -0.2) is 20.5 Å². The number of benzene rings is 1. The number of hydrogen-bond donors (Lipinski definition) is 3. The van der Waals surface area contributed by atoms with E-state index in [4.69, 9.17) is 10.2 Å². The van der Waals surface area contributed by atoms with Crippen molar-refractivity contribution in [3.8, 4) is 0 Å². The summed E-state index contributed by atoms with van der Waals surface area (Å²) in [6, 6.07) is 4.98. The standard InChI is InChI=1S/C11H14INO3/c1-7-6-8(13-10(14)4-5-12)2-3-9(7)11(15)16/h2-3,6,11,15-16H,4-5H2,1H3,(H,13,14). The number of nitrogens with one attached hydrogen (secondary N) is 1. The molecule has 0 unspecified atom stereocenters. The lowest BCUT2D eigenvalue weighted by atomic mass is 10.1. The molecule has 88 valence electrons. The molecule has 0 aliphatic carbocycles. The number of aliphatic hydroxyl groups is 2. The molecule has 0 aliphatic heterocycles. The zero-order valence-corrected chi connectivity index (χ0v) is 11.1. The first kappa shape index (κ1) is 13.4. The van der Waals surface area contributed by atoms with E-state index in [1.807, 2.05) is 0 Å². The molecule has 16 heavy (non-hydrogen) atoms. The Balaban J connectivity index is 2.77. The van der Waals surface area contributed by atoms with Gasteiger partial charge in [-0.25, -0.2) is 0 Å². The van der Waals surface area contributed by atoms with Crippen LogP contribution in [0.5, 0.6) is 0 Å². The third-order valence-electron chi connectivity index (χ3n) is 2.15. The Morgan fingerprint density at radius 1 is 1.50 bits per heavy atom. The highest BCUT2D eigenvalue weighted by Gasteiger charge is 2.08. The maximum Gasteiger partial charge on any atom is 0.225 e. The van der Waals surface area contributed by atoms with Crippen molar-refractivity contribution in [1.29, 1.82) is 0 Å². The van der Waals surface area contributed by atoms with Gasteiger partial charge in [0.1, 0.15) is 0 Å². The molecule has 1 amide bonds. The monoisotopic (exact) mass is 335 g/mol. The second-order valence-corrected chi connectivity index (χ2v) is 4.51. The molecule has 0 radical (unpaired) electrons. The zero-order chi connectivity index (χ0) is 12.1. The molecule has 0 atom stereocenters. The normalized spacial score (nSPS) is 10.6. The van der Waals surface area contributed by atoms with E-state index in [-0.39, 0.29) is 5.91 Å². The summed E-state index contributed by atoms with van der Waals surface area (Å²) in [5.41, 5.74) is 1.87. The summed E-state index contributed by atoms with van der Waals surface area (Å²) < 4.78 is 0.774. The van der Waals surface area contributed by atoms with E-state index < -0.39 is 6.29 Å². The lowest BCUT2D eigenvalue weighted by Crippen LogP contribution is -2.12. The van der Waals surface area contributed by atoms with Gasteiger partial charge < -0.3 is 15.5 Å². The molecular formula is C11H14INO3. The van der Waals surface area contributed by atoms with Crippen LogP contribution in [0.15, 0.2) is 18.2 Å². The maximum atomic E-state index is 11.3. The topological polar surface area (TPSA) is 69.6 Å². The van der Waals surface area contributed by atoms with Gasteiger partial charge in [0.25, 0.3) is 0 Å². The molecule has 0 spiro atoms. The van der Waals surface area contributed by atoms with Gasteiger partial charge in [0.15, 0.2) is 6.29 Å². The summed E-state index contributed by atoms with van der Waals surface area (Å²) in [5, 5.41) is 20.8. The number of alkyl halides is 1. The SMILES string of the molecule is Cc1cc(NC(=O)CCI)ccc1C(O)O. The number of aliphatic hydroxyl groups excluding tert-OH is 1. The molecule has 1 aromatic carbocycles. The maximum absolute atomic E-state index is 11.3. The average Bonchev–Trinajstić information content (AvgIpc) is 2.17. The number of carbonyl (C=O) groups is 1. The molecule has 1 rings (SSSR count). The fraction of sp³-hybridized carbons (Fsp3) is 0.364. The number of anilines is 1. The van der Waals surface area contributed by atoms with Gasteiger partial charge >= 0.3 is 0 Å². The third-order valence-corrected chi connectivity index (χ3v) is 2.69. The van der Waals surface area contributed by atoms with Crippen LogP contribution in [-0.2, 0) is 4.79 Å². The van der Waals surface area contributed by atoms with Crippen molar-refractivity contribution in [1.82, 2.24) is 0 Å². The molecule has 4 nitrogen and oxygen atoms in total. The van der Waals surface area contributed by atoms with Gasteiger partial charge in [0, 0.05) is 22.1 Å². The first-order chi connectivity index (χ1) is 7.54. The minimum absolute atomic E-state index is 0.0360. The molecule has 0 aliphatic rings. The Hall–Kier alpha value is -0.660. The highest BCUT2D eigenvalue weighted by molar-refractivity contribution is 14.1. The van der Waals surface area contributed by atoms with Gasteiger partial charge in [0.05, 0.1) is 0 Å². The minimum Gasteiger partial charge on any atom is -0.364 e. The molecule has 0 saturated heterocycles. The van der Waals surface area contributed by atoms with Gasteiger partial charge in [-0.05, 0) is 24.6 Å². The number of hydrogen-bond acceptors (Lipinski definition) is 3. The Labute approximate surface area is 108 Å². The quantitative estimate of drug-likeness (QED) is 0.446. The van der Waals surface area contributed by atoms with Gasteiger partial charge in [-0.15, -0.1) is 0 Å². The zero-order valence-electron chi connectivity index (χ0n) is 8.90. The summed E-state index contributed by atoms with van der Waals surface area (Å²) in [6.07, 6.45) is -0.997. The highest BCUT2D eigenvalue weighted by atomic mass is 127. The Morgan fingerprint density at radius 2 is 2.19 bits per heavy atom. The summed E-state index contributed by atoms with van der Waals surface area (Å²) in [7, 11) is 0. The summed E-state index contributed by atoms with van der Waals surface area (Å²) >= 11 is 2.14. The average molecular weight is 335 g/mol. The molecule has 0 heterocycles. The molecule has 5 heteroatoms.